The third-order valence-electron chi connectivity index (χ3n) is 2.75. The molecular weight excluding hydrogens is 247 g/mol. The molecule has 3 N–H and O–H groups in total. The first-order valence-corrected chi connectivity index (χ1v) is 5.85. The zero-order valence-corrected chi connectivity index (χ0v) is 10.8. The molecule has 2 aromatic rings. The minimum Gasteiger partial charge on any atom is -0.494 e. The standard InChI is InChI=1S/C13H15FN4O/c1-3-9-12(15)16-7-17-13(9)18-8-4-5-11(19-2)10(14)6-8/h4-7H,3H2,1-2H3,(H3,15,16,17,18). The Morgan fingerprint density at radius 2 is 2.16 bits per heavy atom. The number of anilines is 3. The van der Waals surface area contributed by atoms with Gasteiger partial charge < -0.3 is 15.8 Å². The fourth-order valence-electron chi connectivity index (χ4n) is 1.76. The van der Waals surface area contributed by atoms with Crippen molar-refractivity contribution in [2.24, 2.45) is 0 Å². The molecule has 5 nitrogen and oxygen atoms in total. The molecule has 0 fully saturated rings. The maximum Gasteiger partial charge on any atom is 0.167 e. The first-order valence-electron chi connectivity index (χ1n) is 5.85. The van der Waals surface area contributed by atoms with E-state index in [0.717, 1.165) is 5.56 Å². The molecule has 0 spiro atoms. The van der Waals surface area contributed by atoms with E-state index in [1.54, 1.807) is 12.1 Å². The highest BCUT2D eigenvalue weighted by molar-refractivity contribution is 5.64. The number of nitrogens with zero attached hydrogens (tertiary/aromatic N) is 2. The molecule has 6 heteroatoms. The molecule has 0 saturated heterocycles. The summed E-state index contributed by atoms with van der Waals surface area (Å²) in [6.45, 7) is 1.95. The van der Waals surface area contributed by atoms with Crippen LogP contribution in [0, 0.1) is 5.82 Å². The number of hydrogen-bond acceptors (Lipinski definition) is 5. The minimum atomic E-state index is -0.437. The van der Waals surface area contributed by atoms with Gasteiger partial charge in [-0.05, 0) is 18.6 Å². The summed E-state index contributed by atoms with van der Waals surface area (Å²) in [5.41, 5.74) is 7.16. The molecule has 19 heavy (non-hydrogen) atoms. The number of rotatable bonds is 4. The predicted molar refractivity (Wildman–Crippen MR) is 72.1 cm³/mol. The number of halogens is 1. The molecule has 0 aliphatic heterocycles. The first kappa shape index (κ1) is 13.1. The van der Waals surface area contributed by atoms with E-state index in [4.69, 9.17) is 10.5 Å². The van der Waals surface area contributed by atoms with Crippen LogP contribution in [0.2, 0.25) is 0 Å². The fraction of sp³-hybridized carbons (Fsp3) is 0.231. The van der Waals surface area contributed by atoms with Crippen molar-refractivity contribution in [3.8, 4) is 5.75 Å². The number of nitrogen functional groups attached to an aromatic ring is 1. The minimum absolute atomic E-state index is 0.198. The van der Waals surface area contributed by atoms with Crippen molar-refractivity contribution < 1.29 is 9.13 Å². The number of ether oxygens (including phenoxy) is 1. The van der Waals surface area contributed by atoms with Gasteiger partial charge in [0.05, 0.1) is 7.11 Å². The Hall–Kier alpha value is -2.37. The van der Waals surface area contributed by atoms with Crippen LogP contribution < -0.4 is 15.8 Å². The number of aromatic nitrogens is 2. The van der Waals surface area contributed by atoms with E-state index in [1.165, 1.54) is 19.5 Å². The molecule has 0 bridgehead atoms. The highest BCUT2D eigenvalue weighted by atomic mass is 19.1. The Balaban J connectivity index is 2.31. The number of nitrogens with two attached hydrogens (primary N) is 1. The summed E-state index contributed by atoms with van der Waals surface area (Å²) < 4.78 is 18.5. The highest BCUT2D eigenvalue weighted by Gasteiger charge is 2.09. The maximum absolute atomic E-state index is 13.6. The van der Waals surface area contributed by atoms with Gasteiger partial charge in [0, 0.05) is 17.3 Å². The van der Waals surface area contributed by atoms with Crippen LogP contribution in [-0.4, -0.2) is 17.1 Å². The molecule has 0 radical (unpaired) electrons. The monoisotopic (exact) mass is 262 g/mol. The topological polar surface area (TPSA) is 73.1 Å². The molecule has 1 aromatic carbocycles. The van der Waals surface area contributed by atoms with E-state index in [0.29, 0.717) is 23.7 Å². The second-order valence-electron chi connectivity index (χ2n) is 3.91. The molecular formula is C13H15FN4O. The van der Waals surface area contributed by atoms with Crippen LogP contribution in [0.5, 0.6) is 5.75 Å². The normalized spacial score (nSPS) is 10.3. The van der Waals surface area contributed by atoms with Crippen molar-refractivity contribution in [3.05, 3.63) is 35.9 Å². The van der Waals surface area contributed by atoms with Crippen molar-refractivity contribution in [3.63, 3.8) is 0 Å². The summed E-state index contributed by atoms with van der Waals surface area (Å²) in [4.78, 5) is 8.05. The lowest BCUT2D eigenvalue weighted by Gasteiger charge is -2.11. The third kappa shape index (κ3) is 2.73. The van der Waals surface area contributed by atoms with Crippen LogP contribution in [0.15, 0.2) is 24.5 Å². The number of hydrogen-bond donors (Lipinski definition) is 2. The molecule has 100 valence electrons. The summed E-state index contributed by atoms with van der Waals surface area (Å²) >= 11 is 0. The second-order valence-corrected chi connectivity index (χ2v) is 3.91. The van der Waals surface area contributed by atoms with Gasteiger partial charge >= 0.3 is 0 Å². The van der Waals surface area contributed by atoms with E-state index in [2.05, 4.69) is 15.3 Å². The van der Waals surface area contributed by atoms with Crippen LogP contribution in [0.4, 0.5) is 21.7 Å². The average molecular weight is 262 g/mol. The van der Waals surface area contributed by atoms with Gasteiger partial charge in [-0.1, -0.05) is 6.92 Å². The second kappa shape index (κ2) is 5.51. The van der Waals surface area contributed by atoms with E-state index < -0.39 is 5.82 Å². The van der Waals surface area contributed by atoms with Crippen LogP contribution in [0.25, 0.3) is 0 Å². The molecule has 1 aromatic heterocycles. The highest BCUT2D eigenvalue weighted by Crippen LogP contribution is 2.25. The lowest BCUT2D eigenvalue weighted by Crippen LogP contribution is -2.04. The lowest BCUT2D eigenvalue weighted by molar-refractivity contribution is 0.386. The van der Waals surface area contributed by atoms with Crippen molar-refractivity contribution in [1.29, 1.82) is 0 Å². The Bertz CT molecular complexity index is 589. The molecule has 0 aliphatic carbocycles. The summed E-state index contributed by atoms with van der Waals surface area (Å²) in [6, 6.07) is 4.60. The van der Waals surface area contributed by atoms with E-state index in [1.807, 2.05) is 6.92 Å². The Morgan fingerprint density at radius 3 is 2.79 bits per heavy atom. The Kier molecular flexibility index (Phi) is 3.79. The van der Waals surface area contributed by atoms with Gasteiger partial charge in [0.1, 0.15) is 18.0 Å². The smallest absolute Gasteiger partial charge is 0.167 e. The summed E-state index contributed by atoms with van der Waals surface area (Å²) in [6.07, 6.45) is 2.06. The van der Waals surface area contributed by atoms with Gasteiger partial charge in [0.2, 0.25) is 0 Å². The van der Waals surface area contributed by atoms with Crippen LogP contribution in [0.1, 0.15) is 12.5 Å². The summed E-state index contributed by atoms with van der Waals surface area (Å²) in [5.74, 6) is 0.768. The molecule has 0 atom stereocenters. The van der Waals surface area contributed by atoms with Crippen molar-refractivity contribution in [2.75, 3.05) is 18.2 Å². The van der Waals surface area contributed by atoms with Crippen LogP contribution in [0.3, 0.4) is 0 Å². The van der Waals surface area contributed by atoms with Gasteiger partial charge in [0.25, 0.3) is 0 Å². The predicted octanol–water partition coefficient (Wildman–Crippen LogP) is 2.51. The average Bonchev–Trinajstić information content (AvgIpc) is 2.39. The maximum atomic E-state index is 13.6. The fourth-order valence-corrected chi connectivity index (χ4v) is 1.76. The van der Waals surface area contributed by atoms with Gasteiger partial charge in [-0.2, -0.15) is 0 Å². The van der Waals surface area contributed by atoms with Crippen molar-refractivity contribution in [2.45, 2.75) is 13.3 Å². The van der Waals surface area contributed by atoms with Gasteiger partial charge in [0.15, 0.2) is 11.6 Å². The number of nitrogens with one attached hydrogen (secondary N) is 1. The number of benzene rings is 1. The van der Waals surface area contributed by atoms with Crippen molar-refractivity contribution >= 4 is 17.3 Å². The summed E-state index contributed by atoms with van der Waals surface area (Å²) in [5, 5.41) is 3.03. The van der Waals surface area contributed by atoms with Crippen LogP contribution >= 0.6 is 0 Å². The molecule has 1 heterocycles. The molecule has 0 unspecified atom stereocenters. The first-order chi connectivity index (χ1) is 9.15. The van der Waals surface area contributed by atoms with E-state index in [9.17, 15) is 4.39 Å². The Labute approximate surface area is 110 Å². The van der Waals surface area contributed by atoms with Crippen molar-refractivity contribution in [1.82, 2.24) is 9.97 Å². The SMILES string of the molecule is CCc1c(N)ncnc1Nc1ccc(OC)c(F)c1. The van der Waals surface area contributed by atoms with E-state index in [-0.39, 0.29) is 5.75 Å². The third-order valence-corrected chi connectivity index (χ3v) is 2.75. The number of methoxy groups -OCH3 is 1. The largest absolute Gasteiger partial charge is 0.494 e. The quantitative estimate of drug-likeness (QED) is 0.885. The molecule has 0 amide bonds. The van der Waals surface area contributed by atoms with Crippen LogP contribution in [-0.2, 0) is 6.42 Å². The van der Waals surface area contributed by atoms with E-state index >= 15 is 0 Å². The molecule has 0 aliphatic rings. The lowest BCUT2D eigenvalue weighted by atomic mass is 10.2. The molecule has 0 saturated carbocycles. The zero-order chi connectivity index (χ0) is 13.8. The summed E-state index contributed by atoms with van der Waals surface area (Å²) in [7, 11) is 1.42. The zero-order valence-electron chi connectivity index (χ0n) is 10.8. The Morgan fingerprint density at radius 1 is 1.37 bits per heavy atom. The van der Waals surface area contributed by atoms with Gasteiger partial charge in [-0.25, -0.2) is 14.4 Å². The molecule has 2 rings (SSSR count). The van der Waals surface area contributed by atoms with Gasteiger partial charge in [-0.3, -0.25) is 0 Å². The van der Waals surface area contributed by atoms with Gasteiger partial charge in [-0.15, -0.1) is 0 Å².